The summed E-state index contributed by atoms with van der Waals surface area (Å²) in [4.78, 5) is 14.4. The maximum Gasteiger partial charge on any atom is 0.250 e. The highest BCUT2D eigenvalue weighted by molar-refractivity contribution is 5.91. The molecule has 0 fully saturated rings. The van der Waals surface area contributed by atoms with Crippen molar-refractivity contribution in [1.29, 1.82) is 5.41 Å². The van der Waals surface area contributed by atoms with Crippen LogP contribution in [0.3, 0.4) is 0 Å². The second kappa shape index (κ2) is 12.8. The Bertz CT molecular complexity index is 864. The molecule has 1 rings (SSSR count). The second-order valence-electron chi connectivity index (χ2n) is 6.30. The van der Waals surface area contributed by atoms with Gasteiger partial charge in [0.25, 0.3) is 0 Å². The van der Waals surface area contributed by atoms with Crippen LogP contribution >= 0.6 is 0 Å². The van der Waals surface area contributed by atoms with Crippen LogP contribution in [0.2, 0.25) is 0 Å². The first-order valence-corrected chi connectivity index (χ1v) is 9.48. The van der Waals surface area contributed by atoms with Crippen molar-refractivity contribution in [2.75, 3.05) is 6.54 Å². The molecule has 29 heavy (non-hydrogen) atoms. The molecule has 1 amide bonds. The van der Waals surface area contributed by atoms with Gasteiger partial charge in [-0.15, -0.1) is 0 Å². The van der Waals surface area contributed by atoms with E-state index < -0.39 is 0 Å². The third kappa shape index (κ3) is 7.23. The fourth-order valence-electron chi connectivity index (χ4n) is 2.83. The summed E-state index contributed by atoms with van der Waals surface area (Å²) in [6, 6.07) is 8.05. The SMILES string of the molecule is C=C/C=C\C(=C/C=C)CN(C(=O)C=C)/C(C)=C(\C=C\C)c1ccc(CC=N)cc1. The number of nitrogens with one attached hydrogen (secondary N) is 1. The number of benzene rings is 1. The highest BCUT2D eigenvalue weighted by Gasteiger charge is 2.17. The van der Waals surface area contributed by atoms with Crippen LogP contribution in [0.4, 0.5) is 0 Å². The van der Waals surface area contributed by atoms with E-state index in [1.54, 1.807) is 17.1 Å². The Labute approximate surface area is 175 Å². The fourth-order valence-corrected chi connectivity index (χ4v) is 2.83. The van der Waals surface area contributed by atoms with E-state index in [2.05, 4.69) is 19.7 Å². The number of hydrogen-bond donors (Lipinski definition) is 1. The summed E-state index contributed by atoms with van der Waals surface area (Å²) in [5.41, 5.74) is 4.79. The summed E-state index contributed by atoms with van der Waals surface area (Å²) in [7, 11) is 0. The fraction of sp³-hybridized carbons (Fsp3) is 0.154. The van der Waals surface area contributed by atoms with Crippen molar-refractivity contribution < 1.29 is 4.79 Å². The Morgan fingerprint density at radius 1 is 1.10 bits per heavy atom. The summed E-state index contributed by atoms with van der Waals surface area (Å²) in [5, 5.41) is 7.26. The van der Waals surface area contributed by atoms with Gasteiger partial charge in [-0.2, -0.15) is 0 Å². The maximum absolute atomic E-state index is 12.7. The Morgan fingerprint density at radius 3 is 2.31 bits per heavy atom. The van der Waals surface area contributed by atoms with Gasteiger partial charge >= 0.3 is 0 Å². The van der Waals surface area contributed by atoms with Crippen molar-refractivity contribution in [3.05, 3.63) is 115 Å². The van der Waals surface area contributed by atoms with Crippen molar-refractivity contribution in [3.8, 4) is 0 Å². The van der Waals surface area contributed by atoms with Gasteiger partial charge in [0.2, 0.25) is 5.91 Å². The highest BCUT2D eigenvalue weighted by Crippen LogP contribution is 2.25. The van der Waals surface area contributed by atoms with Gasteiger partial charge in [0.05, 0.1) is 6.54 Å². The molecule has 0 aliphatic heterocycles. The van der Waals surface area contributed by atoms with Crippen LogP contribution in [0.1, 0.15) is 25.0 Å². The van der Waals surface area contributed by atoms with Crippen molar-refractivity contribution >= 4 is 17.7 Å². The smallest absolute Gasteiger partial charge is 0.250 e. The lowest BCUT2D eigenvalue weighted by Gasteiger charge is -2.25. The third-order valence-electron chi connectivity index (χ3n) is 4.29. The Balaban J connectivity index is 3.47. The van der Waals surface area contributed by atoms with Gasteiger partial charge in [0, 0.05) is 17.7 Å². The first kappa shape index (κ1) is 23.6. The van der Waals surface area contributed by atoms with Crippen LogP contribution < -0.4 is 0 Å². The lowest BCUT2D eigenvalue weighted by molar-refractivity contribution is -0.123. The normalized spacial score (nSPS) is 12.6. The van der Waals surface area contributed by atoms with Gasteiger partial charge in [-0.25, -0.2) is 0 Å². The van der Waals surface area contributed by atoms with Gasteiger partial charge < -0.3 is 10.3 Å². The summed E-state index contributed by atoms with van der Waals surface area (Å²) >= 11 is 0. The van der Waals surface area contributed by atoms with Gasteiger partial charge in [-0.3, -0.25) is 4.79 Å². The van der Waals surface area contributed by atoms with Crippen LogP contribution in [0.15, 0.2) is 104 Å². The molecule has 150 valence electrons. The quantitative estimate of drug-likeness (QED) is 0.281. The van der Waals surface area contributed by atoms with E-state index in [-0.39, 0.29) is 5.91 Å². The minimum Gasteiger partial charge on any atom is -0.313 e. The van der Waals surface area contributed by atoms with Crippen LogP contribution in [0, 0.1) is 5.41 Å². The molecule has 0 atom stereocenters. The predicted molar refractivity (Wildman–Crippen MR) is 126 cm³/mol. The molecule has 0 heterocycles. The molecule has 0 aromatic heterocycles. The first-order valence-electron chi connectivity index (χ1n) is 9.48. The molecule has 0 radical (unpaired) electrons. The Kier molecular flexibility index (Phi) is 10.4. The number of amides is 1. The van der Waals surface area contributed by atoms with E-state index in [0.717, 1.165) is 28.0 Å². The number of allylic oxidation sites excluding steroid dienone is 8. The number of carbonyl (C=O) groups excluding carboxylic acids is 1. The molecule has 1 N–H and O–H groups in total. The van der Waals surface area contributed by atoms with Crippen LogP contribution in [0.5, 0.6) is 0 Å². The highest BCUT2D eigenvalue weighted by atomic mass is 16.2. The van der Waals surface area contributed by atoms with Crippen molar-refractivity contribution in [2.24, 2.45) is 0 Å². The van der Waals surface area contributed by atoms with Crippen molar-refractivity contribution in [2.45, 2.75) is 20.3 Å². The number of hydrogen-bond acceptors (Lipinski definition) is 2. The van der Waals surface area contributed by atoms with Crippen molar-refractivity contribution in [3.63, 3.8) is 0 Å². The van der Waals surface area contributed by atoms with Gasteiger partial charge in [-0.1, -0.05) is 86.5 Å². The molecule has 1 aromatic carbocycles. The van der Waals surface area contributed by atoms with Gasteiger partial charge in [-0.05, 0) is 42.8 Å². The zero-order valence-corrected chi connectivity index (χ0v) is 17.4. The zero-order chi connectivity index (χ0) is 21.6. The van der Waals surface area contributed by atoms with Gasteiger partial charge in [0.15, 0.2) is 0 Å². The molecule has 1 aromatic rings. The minimum absolute atomic E-state index is 0.174. The standard InChI is InChI=1S/C26H30N2O/c1-6-10-13-23(11-7-2)20-28(26(29)9-4)21(5)25(12-8-3)24-16-14-22(15-17-24)18-19-27/h6-17,19,27H,1-2,4,18,20H2,3,5H3/b12-8+,13-10-,23-11+,25-21+,27-19?. The summed E-state index contributed by atoms with van der Waals surface area (Å²) in [5.74, 6) is -0.174. The molecular weight excluding hydrogens is 356 g/mol. The second-order valence-corrected chi connectivity index (χ2v) is 6.30. The zero-order valence-electron chi connectivity index (χ0n) is 17.4. The van der Waals surface area contributed by atoms with Crippen LogP contribution in [-0.4, -0.2) is 23.6 Å². The predicted octanol–water partition coefficient (Wildman–Crippen LogP) is 6.05. The summed E-state index contributed by atoms with van der Waals surface area (Å²) in [6.45, 7) is 15.4. The molecule has 3 nitrogen and oxygen atoms in total. The molecule has 0 aliphatic rings. The lowest BCUT2D eigenvalue weighted by Crippen LogP contribution is -2.30. The van der Waals surface area contributed by atoms with E-state index >= 15 is 0 Å². The summed E-state index contributed by atoms with van der Waals surface area (Å²) < 4.78 is 0. The Hall–Kier alpha value is -3.46. The van der Waals surface area contributed by atoms with E-state index in [1.807, 2.05) is 68.5 Å². The molecule has 0 saturated heterocycles. The topological polar surface area (TPSA) is 44.2 Å². The average Bonchev–Trinajstić information content (AvgIpc) is 2.74. The molecule has 0 bridgehead atoms. The molecule has 0 spiro atoms. The monoisotopic (exact) mass is 386 g/mol. The number of carbonyl (C=O) groups is 1. The molecular formula is C26H30N2O. The molecule has 3 heteroatoms. The van der Waals surface area contributed by atoms with E-state index in [1.165, 1.54) is 12.3 Å². The van der Waals surface area contributed by atoms with Crippen LogP contribution in [-0.2, 0) is 11.2 Å². The first-order chi connectivity index (χ1) is 14.0. The summed E-state index contributed by atoms with van der Waals surface area (Å²) in [6.07, 6.45) is 16.3. The van der Waals surface area contributed by atoms with E-state index in [4.69, 9.17) is 5.41 Å². The molecule has 0 unspecified atom stereocenters. The lowest BCUT2D eigenvalue weighted by atomic mass is 10.00. The molecule has 0 saturated carbocycles. The van der Waals surface area contributed by atoms with Gasteiger partial charge in [0.1, 0.15) is 0 Å². The van der Waals surface area contributed by atoms with Crippen molar-refractivity contribution in [1.82, 2.24) is 4.90 Å². The van der Waals surface area contributed by atoms with Crippen LogP contribution in [0.25, 0.3) is 5.57 Å². The molecule has 0 aliphatic carbocycles. The van der Waals surface area contributed by atoms with E-state index in [0.29, 0.717) is 13.0 Å². The minimum atomic E-state index is -0.174. The van der Waals surface area contributed by atoms with E-state index in [9.17, 15) is 4.79 Å². The third-order valence-corrected chi connectivity index (χ3v) is 4.29. The average molecular weight is 387 g/mol. The number of nitrogens with zero attached hydrogens (tertiary/aromatic N) is 1. The maximum atomic E-state index is 12.7. The Morgan fingerprint density at radius 2 is 1.79 bits per heavy atom. The largest absolute Gasteiger partial charge is 0.313 e. The number of rotatable bonds is 11.